The number of unbranched alkanes of at least 4 members (excludes halogenated alkanes) is 14. The minimum absolute atomic E-state index is 0.0967. The fraction of sp³-hybridized carbons (Fsp3) is 0.935. The van der Waals surface area contributed by atoms with Crippen LogP contribution in [-0.2, 0) is 14.3 Å². The number of nitrogens with two attached hydrogens (primary N) is 2. The van der Waals surface area contributed by atoms with Gasteiger partial charge in [-0.3, -0.25) is 9.59 Å². The number of hydrogen-bond donors (Lipinski definition) is 3. The number of carbonyl (C=O) groups excluding carboxylic acids is 1. The lowest BCUT2D eigenvalue weighted by Crippen LogP contribution is -2.29. The lowest BCUT2D eigenvalue weighted by Gasteiger charge is -2.12. The zero-order valence-corrected chi connectivity index (χ0v) is 24.5. The normalized spacial score (nSPS) is 18.4. The largest absolute Gasteiger partial charge is 0.480 e. The Kier molecular flexibility index (Phi) is 25.7. The monoisotopic (exact) mass is 526 g/mol. The third kappa shape index (κ3) is 22.5. The number of aliphatic carboxylic acids is 1. The molecule has 1 saturated heterocycles. The fourth-order valence-electron chi connectivity index (χ4n) is 4.99. The van der Waals surface area contributed by atoms with Gasteiger partial charge < -0.3 is 21.3 Å². The third-order valence-corrected chi connectivity index (χ3v) is 7.63. The second-order valence-electron chi connectivity index (χ2n) is 11.2. The van der Waals surface area contributed by atoms with Gasteiger partial charge in [-0.25, -0.2) is 0 Å². The van der Waals surface area contributed by atoms with Gasteiger partial charge in [0.15, 0.2) is 0 Å². The molecule has 2 unspecified atom stereocenters. The number of carboxylic acid groups (broad SMARTS) is 1. The summed E-state index contributed by atoms with van der Waals surface area (Å²) in [5.74, 6) is -0.0336. The summed E-state index contributed by atoms with van der Waals surface area (Å²) in [5.41, 5.74) is 10.4. The number of hydrogen-bond acceptors (Lipinski definition) is 5. The first kappa shape index (κ1) is 35.9. The maximum absolute atomic E-state index is 12.2. The van der Waals surface area contributed by atoms with Crippen molar-refractivity contribution in [3.05, 3.63) is 0 Å². The SMILES string of the molecule is CCCCCCCCCCC1CCC(CCCCCCCCC)C(=O)OC1.NCCCC[C@H](N)C(=O)O. The van der Waals surface area contributed by atoms with Gasteiger partial charge in [-0.05, 0) is 51.0 Å². The molecule has 0 saturated carbocycles. The highest BCUT2D eigenvalue weighted by molar-refractivity contribution is 5.73. The van der Waals surface area contributed by atoms with E-state index in [9.17, 15) is 9.59 Å². The average Bonchev–Trinajstić information content (AvgIpc) is 3.06. The van der Waals surface area contributed by atoms with Crippen molar-refractivity contribution in [2.45, 2.75) is 161 Å². The molecule has 0 amide bonds. The second-order valence-corrected chi connectivity index (χ2v) is 11.2. The highest BCUT2D eigenvalue weighted by atomic mass is 16.5. The lowest BCUT2D eigenvalue weighted by atomic mass is 9.90. The standard InChI is InChI=1S/C25H48O2.C6H14N2O2/c1-3-5-7-9-11-13-14-16-18-23-20-21-24(25(26)27-22-23)19-17-15-12-10-8-6-4-2;7-4-2-1-3-5(8)6(9)10/h23-24H,3-22H2,1-2H3;5H,1-4,7-8H2,(H,9,10)/t;5-/m.0/s1. The van der Waals surface area contributed by atoms with Gasteiger partial charge in [0.1, 0.15) is 6.04 Å². The number of carbonyl (C=O) groups is 2. The number of esters is 1. The van der Waals surface area contributed by atoms with E-state index in [-0.39, 0.29) is 11.9 Å². The van der Waals surface area contributed by atoms with Gasteiger partial charge in [0.05, 0.1) is 12.5 Å². The summed E-state index contributed by atoms with van der Waals surface area (Å²) in [7, 11) is 0. The Bertz CT molecular complexity index is 529. The molecule has 0 aromatic heterocycles. The lowest BCUT2D eigenvalue weighted by molar-refractivity contribution is -0.148. The Morgan fingerprint density at radius 2 is 1.32 bits per heavy atom. The number of ether oxygens (including phenoxy) is 1. The fourth-order valence-corrected chi connectivity index (χ4v) is 4.99. The van der Waals surface area contributed by atoms with Crippen LogP contribution in [0.5, 0.6) is 0 Å². The molecule has 0 aromatic rings. The third-order valence-electron chi connectivity index (χ3n) is 7.63. The molecule has 6 nitrogen and oxygen atoms in total. The van der Waals surface area contributed by atoms with Crippen LogP contribution in [0.25, 0.3) is 0 Å². The van der Waals surface area contributed by atoms with Crippen LogP contribution in [0, 0.1) is 11.8 Å². The molecular weight excluding hydrogens is 464 g/mol. The van der Waals surface area contributed by atoms with Crippen molar-refractivity contribution >= 4 is 11.9 Å². The molecule has 220 valence electrons. The van der Waals surface area contributed by atoms with E-state index in [2.05, 4.69) is 13.8 Å². The Labute approximate surface area is 229 Å². The molecule has 0 bridgehead atoms. The minimum atomic E-state index is -0.933. The molecule has 3 atom stereocenters. The van der Waals surface area contributed by atoms with Gasteiger partial charge in [-0.15, -0.1) is 0 Å². The van der Waals surface area contributed by atoms with Crippen molar-refractivity contribution in [1.29, 1.82) is 0 Å². The van der Waals surface area contributed by atoms with E-state index in [0.29, 0.717) is 25.5 Å². The van der Waals surface area contributed by atoms with E-state index >= 15 is 0 Å². The van der Waals surface area contributed by atoms with Crippen molar-refractivity contribution in [2.24, 2.45) is 23.3 Å². The molecule has 0 radical (unpaired) electrons. The first-order valence-corrected chi connectivity index (χ1v) is 15.8. The van der Waals surface area contributed by atoms with E-state index in [0.717, 1.165) is 25.7 Å². The quantitative estimate of drug-likeness (QED) is 0.0980. The molecule has 6 heteroatoms. The van der Waals surface area contributed by atoms with Crippen molar-refractivity contribution in [2.75, 3.05) is 13.2 Å². The summed E-state index contributed by atoms with van der Waals surface area (Å²) < 4.78 is 5.62. The van der Waals surface area contributed by atoms with Gasteiger partial charge >= 0.3 is 11.9 Å². The van der Waals surface area contributed by atoms with E-state index in [1.165, 1.54) is 109 Å². The summed E-state index contributed by atoms with van der Waals surface area (Å²) in [6.45, 7) is 5.83. The summed E-state index contributed by atoms with van der Waals surface area (Å²) in [6.07, 6.45) is 27.0. The van der Waals surface area contributed by atoms with Crippen LogP contribution in [-0.4, -0.2) is 36.2 Å². The summed E-state index contributed by atoms with van der Waals surface area (Å²) in [6, 6.07) is -0.716. The zero-order chi connectivity index (χ0) is 27.6. The van der Waals surface area contributed by atoms with E-state index in [4.69, 9.17) is 21.3 Å². The molecule has 0 spiro atoms. The molecule has 37 heavy (non-hydrogen) atoms. The van der Waals surface area contributed by atoms with Crippen molar-refractivity contribution in [1.82, 2.24) is 0 Å². The van der Waals surface area contributed by atoms with Crippen LogP contribution in [0.3, 0.4) is 0 Å². The molecule has 1 fully saturated rings. The summed E-state index contributed by atoms with van der Waals surface area (Å²) in [5, 5.41) is 8.33. The average molecular weight is 527 g/mol. The summed E-state index contributed by atoms with van der Waals surface area (Å²) in [4.78, 5) is 22.4. The predicted octanol–water partition coefficient (Wildman–Crippen LogP) is 7.75. The summed E-state index contributed by atoms with van der Waals surface area (Å²) >= 11 is 0. The highest BCUT2D eigenvalue weighted by Gasteiger charge is 2.26. The van der Waals surface area contributed by atoms with E-state index in [1.54, 1.807) is 0 Å². The van der Waals surface area contributed by atoms with Crippen LogP contribution < -0.4 is 11.5 Å². The van der Waals surface area contributed by atoms with Crippen molar-refractivity contribution < 1.29 is 19.4 Å². The first-order chi connectivity index (χ1) is 18.0. The topological polar surface area (TPSA) is 116 Å². The molecular formula is C31H62N2O4. The Hall–Kier alpha value is -1.14. The Morgan fingerprint density at radius 3 is 1.84 bits per heavy atom. The second kappa shape index (κ2) is 26.5. The van der Waals surface area contributed by atoms with Gasteiger partial charge in [-0.1, -0.05) is 117 Å². The van der Waals surface area contributed by atoms with E-state index < -0.39 is 12.0 Å². The van der Waals surface area contributed by atoms with Crippen LogP contribution in [0.2, 0.25) is 0 Å². The molecule has 1 aliphatic rings. The van der Waals surface area contributed by atoms with Gasteiger partial charge in [0.2, 0.25) is 0 Å². The van der Waals surface area contributed by atoms with E-state index in [1.807, 2.05) is 0 Å². The van der Waals surface area contributed by atoms with Crippen LogP contribution in [0.4, 0.5) is 0 Å². The molecule has 1 heterocycles. The Morgan fingerprint density at radius 1 is 0.811 bits per heavy atom. The molecule has 0 aromatic carbocycles. The van der Waals surface area contributed by atoms with Gasteiger partial charge in [0.25, 0.3) is 0 Å². The Balaban J connectivity index is 0.00000109. The maximum Gasteiger partial charge on any atom is 0.320 e. The number of rotatable bonds is 22. The molecule has 1 rings (SSSR count). The van der Waals surface area contributed by atoms with Crippen LogP contribution in [0.1, 0.15) is 155 Å². The predicted molar refractivity (Wildman–Crippen MR) is 156 cm³/mol. The van der Waals surface area contributed by atoms with Crippen LogP contribution >= 0.6 is 0 Å². The van der Waals surface area contributed by atoms with Gasteiger partial charge in [-0.2, -0.15) is 0 Å². The zero-order valence-electron chi connectivity index (χ0n) is 24.5. The van der Waals surface area contributed by atoms with Crippen LogP contribution in [0.15, 0.2) is 0 Å². The minimum Gasteiger partial charge on any atom is -0.480 e. The number of cyclic esters (lactones) is 1. The van der Waals surface area contributed by atoms with Crippen molar-refractivity contribution in [3.8, 4) is 0 Å². The first-order valence-electron chi connectivity index (χ1n) is 15.8. The van der Waals surface area contributed by atoms with Gasteiger partial charge in [0, 0.05) is 0 Å². The molecule has 1 aliphatic heterocycles. The smallest absolute Gasteiger partial charge is 0.320 e. The molecule has 5 N–H and O–H groups in total. The highest BCUT2D eigenvalue weighted by Crippen LogP contribution is 2.27. The molecule has 0 aliphatic carbocycles. The maximum atomic E-state index is 12.2. The van der Waals surface area contributed by atoms with Crippen molar-refractivity contribution in [3.63, 3.8) is 0 Å². The number of carboxylic acids is 1.